The normalized spacial score (nSPS) is 14.2. The number of hydrogen-bond donors (Lipinski definition) is 1. The highest BCUT2D eigenvalue weighted by Gasteiger charge is 2.31. The molecule has 1 rings (SSSR count). The van der Waals surface area contributed by atoms with Crippen molar-refractivity contribution in [2.24, 2.45) is 0 Å². The first-order valence-electron chi connectivity index (χ1n) is 5.40. The summed E-state index contributed by atoms with van der Waals surface area (Å²) in [5.74, 6) is 0. The number of thiophene rings is 1. The van der Waals surface area contributed by atoms with Crippen molar-refractivity contribution in [2.75, 3.05) is 13.1 Å². The van der Waals surface area contributed by atoms with E-state index in [2.05, 4.69) is 0 Å². The minimum Gasteiger partial charge on any atom is -0.392 e. The van der Waals surface area contributed by atoms with Crippen molar-refractivity contribution in [2.45, 2.75) is 32.2 Å². The first-order chi connectivity index (χ1) is 7.90. The summed E-state index contributed by atoms with van der Waals surface area (Å²) in [5.41, 5.74) is 0. The van der Waals surface area contributed by atoms with Gasteiger partial charge in [0.05, 0.1) is 12.6 Å². The Labute approximate surface area is 103 Å². The van der Waals surface area contributed by atoms with E-state index in [4.69, 9.17) is 0 Å². The van der Waals surface area contributed by atoms with Crippen LogP contribution in [0.1, 0.15) is 18.2 Å². The van der Waals surface area contributed by atoms with Crippen molar-refractivity contribution in [3.8, 4) is 0 Å². The Morgan fingerprint density at radius 3 is 2.65 bits per heavy atom. The fourth-order valence-corrected chi connectivity index (χ4v) is 2.23. The lowest BCUT2D eigenvalue weighted by atomic mass is 10.2. The minimum atomic E-state index is -4.23. The van der Waals surface area contributed by atoms with Crippen LogP contribution in [-0.4, -0.2) is 35.4 Å². The van der Waals surface area contributed by atoms with Crippen molar-refractivity contribution < 1.29 is 18.3 Å². The molecule has 0 aliphatic rings. The van der Waals surface area contributed by atoms with E-state index < -0.39 is 18.8 Å². The molecule has 0 saturated heterocycles. The Morgan fingerprint density at radius 1 is 1.47 bits per heavy atom. The van der Waals surface area contributed by atoms with Crippen LogP contribution >= 0.6 is 11.3 Å². The third kappa shape index (κ3) is 6.05. The summed E-state index contributed by atoms with van der Waals surface area (Å²) < 4.78 is 37.1. The first kappa shape index (κ1) is 14.5. The van der Waals surface area contributed by atoms with E-state index in [1.54, 1.807) is 13.0 Å². The molecule has 17 heavy (non-hydrogen) atoms. The standard InChI is InChI=1S/C11H16F3NOS/c1-2-9(16)6-15(8-11(12,13)14)7-10-4-3-5-17-10/h3-5,9,16H,2,6-8H2,1H3/t9-/m1/s1. The highest BCUT2D eigenvalue weighted by atomic mass is 32.1. The fourth-order valence-electron chi connectivity index (χ4n) is 1.49. The number of halogens is 3. The van der Waals surface area contributed by atoms with E-state index in [0.717, 1.165) is 4.88 Å². The van der Waals surface area contributed by atoms with Crippen LogP contribution in [0.2, 0.25) is 0 Å². The maximum Gasteiger partial charge on any atom is 0.401 e. The SMILES string of the molecule is CC[C@@H](O)CN(Cc1cccs1)CC(F)(F)F. The first-order valence-corrected chi connectivity index (χ1v) is 6.28. The maximum absolute atomic E-state index is 12.4. The predicted octanol–water partition coefficient (Wildman–Crippen LogP) is 2.88. The molecule has 0 aromatic carbocycles. The van der Waals surface area contributed by atoms with Crippen LogP contribution in [0.25, 0.3) is 0 Å². The van der Waals surface area contributed by atoms with Crippen molar-refractivity contribution in [1.82, 2.24) is 4.90 Å². The molecule has 1 aromatic rings. The van der Waals surface area contributed by atoms with Gasteiger partial charge in [-0.2, -0.15) is 13.2 Å². The van der Waals surface area contributed by atoms with E-state index in [-0.39, 0.29) is 13.1 Å². The van der Waals surface area contributed by atoms with Crippen LogP contribution in [0.5, 0.6) is 0 Å². The highest BCUT2D eigenvalue weighted by Crippen LogP contribution is 2.20. The largest absolute Gasteiger partial charge is 0.401 e. The monoisotopic (exact) mass is 267 g/mol. The van der Waals surface area contributed by atoms with Gasteiger partial charge in [-0.15, -0.1) is 11.3 Å². The van der Waals surface area contributed by atoms with Gasteiger partial charge in [-0.1, -0.05) is 13.0 Å². The van der Waals surface area contributed by atoms with E-state index in [1.807, 2.05) is 11.4 Å². The molecular weight excluding hydrogens is 251 g/mol. The van der Waals surface area contributed by atoms with Crippen molar-refractivity contribution in [3.05, 3.63) is 22.4 Å². The third-order valence-electron chi connectivity index (χ3n) is 2.30. The van der Waals surface area contributed by atoms with Crippen LogP contribution in [-0.2, 0) is 6.54 Å². The van der Waals surface area contributed by atoms with Gasteiger partial charge < -0.3 is 5.11 Å². The predicted molar refractivity (Wildman–Crippen MR) is 61.9 cm³/mol. The molecule has 1 N–H and O–H groups in total. The van der Waals surface area contributed by atoms with E-state index >= 15 is 0 Å². The zero-order valence-corrected chi connectivity index (χ0v) is 10.4. The lowest BCUT2D eigenvalue weighted by Crippen LogP contribution is -2.38. The van der Waals surface area contributed by atoms with Crippen LogP contribution in [0.15, 0.2) is 17.5 Å². The molecule has 0 radical (unpaired) electrons. The van der Waals surface area contributed by atoms with Gasteiger partial charge in [0.1, 0.15) is 0 Å². The summed E-state index contributed by atoms with van der Waals surface area (Å²) in [5, 5.41) is 11.3. The lowest BCUT2D eigenvalue weighted by Gasteiger charge is -2.25. The highest BCUT2D eigenvalue weighted by molar-refractivity contribution is 7.09. The molecule has 98 valence electrons. The molecule has 1 atom stereocenters. The van der Waals surface area contributed by atoms with Crippen LogP contribution < -0.4 is 0 Å². The molecule has 0 spiro atoms. The molecule has 0 saturated carbocycles. The Kier molecular flexibility index (Phi) is 5.42. The van der Waals surface area contributed by atoms with Gasteiger partial charge >= 0.3 is 6.18 Å². The molecule has 2 nitrogen and oxygen atoms in total. The van der Waals surface area contributed by atoms with Gasteiger partial charge in [-0.3, -0.25) is 4.90 Å². The zero-order valence-electron chi connectivity index (χ0n) is 9.57. The molecule has 1 aromatic heterocycles. The molecular formula is C11H16F3NOS. The summed E-state index contributed by atoms with van der Waals surface area (Å²) in [7, 11) is 0. The number of nitrogens with zero attached hydrogens (tertiary/aromatic N) is 1. The van der Waals surface area contributed by atoms with E-state index in [0.29, 0.717) is 6.42 Å². The minimum absolute atomic E-state index is 0.0495. The smallest absolute Gasteiger partial charge is 0.392 e. The van der Waals surface area contributed by atoms with Crippen molar-refractivity contribution >= 4 is 11.3 Å². The molecule has 6 heteroatoms. The summed E-state index contributed by atoms with van der Waals surface area (Å²) in [6.07, 6.45) is -4.49. The molecule has 0 aliphatic heterocycles. The van der Waals surface area contributed by atoms with E-state index in [9.17, 15) is 18.3 Å². The zero-order chi connectivity index (χ0) is 12.9. The second-order valence-electron chi connectivity index (χ2n) is 3.93. The molecule has 0 fully saturated rings. The molecule has 0 amide bonds. The van der Waals surface area contributed by atoms with Gasteiger partial charge in [-0.25, -0.2) is 0 Å². The number of aliphatic hydroxyl groups excluding tert-OH is 1. The number of hydrogen-bond acceptors (Lipinski definition) is 3. The summed E-state index contributed by atoms with van der Waals surface area (Å²) >= 11 is 1.42. The Morgan fingerprint density at radius 2 is 2.18 bits per heavy atom. The quantitative estimate of drug-likeness (QED) is 0.856. The summed E-state index contributed by atoms with van der Waals surface area (Å²) in [4.78, 5) is 2.11. The van der Waals surface area contributed by atoms with Crippen LogP contribution in [0, 0.1) is 0 Å². The Hall–Kier alpha value is -0.590. The van der Waals surface area contributed by atoms with Crippen LogP contribution in [0.4, 0.5) is 13.2 Å². The van der Waals surface area contributed by atoms with Gasteiger partial charge in [0.15, 0.2) is 0 Å². The summed E-state index contributed by atoms with van der Waals surface area (Å²) in [6.45, 7) is 1.05. The topological polar surface area (TPSA) is 23.5 Å². The van der Waals surface area contributed by atoms with Gasteiger partial charge in [0, 0.05) is 18.0 Å². The molecule has 0 aliphatic carbocycles. The van der Waals surface area contributed by atoms with E-state index in [1.165, 1.54) is 16.2 Å². The Bertz CT molecular complexity index is 313. The number of rotatable bonds is 6. The van der Waals surface area contributed by atoms with Crippen molar-refractivity contribution in [1.29, 1.82) is 0 Å². The lowest BCUT2D eigenvalue weighted by molar-refractivity contribution is -0.149. The molecule has 0 unspecified atom stereocenters. The number of alkyl halides is 3. The average molecular weight is 267 g/mol. The second kappa shape index (κ2) is 6.37. The number of aliphatic hydroxyl groups is 1. The fraction of sp³-hybridized carbons (Fsp3) is 0.636. The van der Waals surface area contributed by atoms with Crippen molar-refractivity contribution in [3.63, 3.8) is 0 Å². The maximum atomic E-state index is 12.4. The molecule has 1 heterocycles. The second-order valence-corrected chi connectivity index (χ2v) is 4.96. The van der Waals surface area contributed by atoms with Gasteiger partial charge in [0.2, 0.25) is 0 Å². The summed E-state index contributed by atoms with van der Waals surface area (Å²) in [6, 6.07) is 3.61. The third-order valence-corrected chi connectivity index (χ3v) is 3.16. The van der Waals surface area contributed by atoms with Crippen LogP contribution in [0.3, 0.4) is 0 Å². The molecule has 0 bridgehead atoms. The Balaban J connectivity index is 2.58. The van der Waals surface area contributed by atoms with Gasteiger partial charge in [0.25, 0.3) is 0 Å². The average Bonchev–Trinajstić information content (AvgIpc) is 2.67. The van der Waals surface area contributed by atoms with Gasteiger partial charge in [-0.05, 0) is 17.9 Å².